The number of carbonyl (C=O) groups is 1. The van der Waals surface area contributed by atoms with Crippen molar-refractivity contribution in [2.45, 2.75) is 32.3 Å². The van der Waals surface area contributed by atoms with E-state index in [-0.39, 0.29) is 12.5 Å². The number of hydrogen-bond donors (Lipinski definition) is 2. The van der Waals surface area contributed by atoms with Crippen molar-refractivity contribution in [1.29, 1.82) is 0 Å². The highest BCUT2D eigenvalue weighted by molar-refractivity contribution is 6.31. The van der Waals surface area contributed by atoms with Crippen molar-refractivity contribution >= 4 is 17.5 Å². The Hall–Kier alpha value is -1.30. The molecular formula is C17H24ClNO4. The third-order valence-corrected chi connectivity index (χ3v) is 4.86. The molecule has 2 atom stereocenters. The van der Waals surface area contributed by atoms with Crippen LogP contribution in [0.2, 0.25) is 5.02 Å². The fourth-order valence-electron chi connectivity index (χ4n) is 3.32. The Balaban J connectivity index is 2.28. The molecule has 2 rings (SSSR count). The number of aliphatic hydroxyl groups is 2. The summed E-state index contributed by atoms with van der Waals surface area (Å²) in [6.45, 7) is 2.64. The fourth-order valence-corrected chi connectivity index (χ4v) is 3.49. The number of aliphatic hydroxyl groups excluding tert-OH is 2. The van der Waals surface area contributed by atoms with E-state index in [1.807, 2.05) is 6.92 Å². The van der Waals surface area contributed by atoms with Crippen molar-refractivity contribution < 1.29 is 19.7 Å². The molecule has 1 fully saturated rings. The zero-order valence-corrected chi connectivity index (χ0v) is 14.3. The molecule has 0 spiro atoms. The molecule has 23 heavy (non-hydrogen) atoms. The molecule has 0 unspecified atom stereocenters. The van der Waals surface area contributed by atoms with Crippen LogP contribution in [0.25, 0.3) is 0 Å². The Morgan fingerprint density at radius 3 is 2.87 bits per heavy atom. The van der Waals surface area contributed by atoms with Gasteiger partial charge in [0.2, 0.25) is 0 Å². The van der Waals surface area contributed by atoms with E-state index in [1.165, 1.54) is 7.11 Å². The fraction of sp³-hybridized carbons (Fsp3) is 0.588. The number of nitrogens with zero attached hydrogens (tertiary/aromatic N) is 1. The molecule has 0 radical (unpaired) electrons. The Morgan fingerprint density at radius 2 is 2.26 bits per heavy atom. The molecule has 1 aliphatic rings. The normalized spacial score (nSPS) is 24.6. The Morgan fingerprint density at radius 1 is 1.52 bits per heavy atom. The number of ether oxygens (including phenoxy) is 1. The van der Waals surface area contributed by atoms with E-state index in [9.17, 15) is 15.0 Å². The van der Waals surface area contributed by atoms with Gasteiger partial charge >= 0.3 is 0 Å². The summed E-state index contributed by atoms with van der Waals surface area (Å²) in [4.78, 5) is 14.5. The number of hydrogen-bond acceptors (Lipinski definition) is 4. The first-order valence-electron chi connectivity index (χ1n) is 7.89. The highest BCUT2D eigenvalue weighted by Crippen LogP contribution is 2.36. The molecule has 1 aromatic carbocycles. The van der Waals surface area contributed by atoms with E-state index >= 15 is 0 Å². The van der Waals surface area contributed by atoms with Crippen molar-refractivity contribution in [3.63, 3.8) is 0 Å². The first-order chi connectivity index (χ1) is 11.0. The number of rotatable bonds is 5. The van der Waals surface area contributed by atoms with E-state index in [4.69, 9.17) is 16.3 Å². The second-order valence-electron chi connectivity index (χ2n) is 6.15. The third-order valence-electron chi connectivity index (χ3n) is 4.63. The number of likely N-dealkylation sites (tertiary alicyclic amines) is 1. The number of piperidine rings is 1. The average Bonchev–Trinajstić information content (AvgIpc) is 2.56. The molecule has 5 nitrogen and oxygen atoms in total. The molecule has 0 aliphatic carbocycles. The summed E-state index contributed by atoms with van der Waals surface area (Å²) < 4.78 is 5.25. The smallest absolute Gasteiger partial charge is 0.257 e. The highest BCUT2D eigenvalue weighted by atomic mass is 35.5. The minimum absolute atomic E-state index is 0.140. The molecule has 128 valence electrons. The van der Waals surface area contributed by atoms with Gasteiger partial charge in [0.1, 0.15) is 5.75 Å². The molecule has 1 aliphatic heterocycles. The summed E-state index contributed by atoms with van der Waals surface area (Å²) >= 11 is 6.01. The molecule has 2 N–H and O–H groups in total. The van der Waals surface area contributed by atoms with Gasteiger partial charge in [-0.1, -0.05) is 24.9 Å². The van der Waals surface area contributed by atoms with Crippen molar-refractivity contribution in [2.75, 3.05) is 26.8 Å². The second kappa shape index (κ2) is 7.51. The number of benzene rings is 1. The summed E-state index contributed by atoms with van der Waals surface area (Å²) in [6, 6.07) is 4.93. The number of carbonyl (C=O) groups excluding carboxylic acids is 1. The number of methoxy groups -OCH3 is 1. The maximum absolute atomic E-state index is 12.9. The Kier molecular flexibility index (Phi) is 5.89. The minimum Gasteiger partial charge on any atom is -0.496 e. The van der Waals surface area contributed by atoms with E-state index in [0.717, 1.165) is 6.42 Å². The second-order valence-corrected chi connectivity index (χ2v) is 6.58. The average molecular weight is 342 g/mol. The lowest BCUT2D eigenvalue weighted by atomic mass is 9.74. The van der Waals surface area contributed by atoms with Gasteiger partial charge in [0.15, 0.2) is 0 Å². The Bertz CT molecular complexity index is 566. The lowest BCUT2D eigenvalue weighted by molar-refractivity contribution is -0.0720. The van der Waals surface area contributed by atoms with Crippen LogP contribution in [0, 0.1) is 5.41 Å². The van der Waals surface area contributed by atoms with Crippen LogP contribution in [0.15, 0.2) is 18.2 Å². The van der Waals surface area contributed by atoms with Crippen molar-refractivity contribution in [2.24, 2.45) is 5.41 Å². The molecule has 0 saturated carbocycles. The maximum Gasteiger partial charge on any atom is 0.257 e. The minimum atomic E-state index is -0.658. The largest absolute Gasteiger partial charge is 0.496 e. The lowest BCUT2D eigenvalue weighted by Gasteiger charge is -2.45. The summed E-state index contributed by atoms with van der Waals surface area (Å²) in [5.74, 6) is 0.279. The van der Waals surface area contributed by atoms with Crippen molar-refractivity contribution in [1.82, 2.24) is 4.90 Å². The quantitative estimate of drug-likeness (QED) is 0.862. The van der Waals surface area contributed by atoms with Crippen LogP contribution in [0.1, 0.15) is 36.5 Å². The van der Waals surface area contributed by atoms with Gasteiger partial charge in [-0.05, 0) is 31.0 Å². The van der Waals surface area contributed by atoms with Crippen molar-refractivity contribution in [3.8, 4) is 5.75 Å². The van der Waals surface area contributed by atoms with Crippen LogP contribution in [-0.2, 0) is 0 Å². The zero-order chi connectivity index (χ0) is 17.0. The summed E-state index contributed by atoms with van der Waals surface area (Å²) in [7, 11) is 1.51. The van der Waals surface area contributed by atoms with Gasteiger partial charge in [0.05, 0.1) is 25.4 Å². The van der Waals surface area contributed by atoms with E-state index in [1.54, 1.807) is 23.1 Å². The molecule has 0 aromatic heterocycles. The molecule has 6 heteroatoms. The molecule has 0 bridgehead atoms. The van der Waals surface area contributed by atoms with E-state index < -0.39 is 11.5 Å². The van der Waals surface area contributed by atoms with Gasteiger partial charge in [-0.15, -0.1) is 0 Å². The third kappa shape index (κ3) is 3.62. The van der Waals surface area contributed by atoms with Gasteiger partial charge in [0, 0.05) is 23.5 Å². The number of halogens is 1. The van der Waals surface area contributed by atoms with Gasteiger partial charge in [-0.25, -0.2) is 0 Å². The van der Waals surface area contributed by atoms with E-state index in [0.29, 0.717) is 42.3 Å². The van der Waals surface area contributed by atoms with Gasteiger partial charge in [-0.3, -0.25) is 4.79 Å². The van der Waals surface area contributed by atoms with Gasteiger partial charge in [0.25, 0.3) is 5.91 Å². The summed E-state index contributed by atoms with van der Waals surface area (Å²) in [5.41, 5.74) is -0.256. The SMILES string of the molecule is CCC[C@@]1(CO)CN(C(=O)c2cc(Cl)ccc2OC)CC[C@H]1O. The molecule has 1 saturated heterocycles. The van der Waals surface area contributed by atoms with Crippen LogP contribution in [0.3, 0.4) is 0 Å². The van der Waals surface area contributed by atoms with Crippen LogP contribution in [0.5, 0.6) is 5.75 Å². The molecular weight excluding hydrogens is 318 g/mol. The highest BCUT2D eigenvalue weighted by Gasteiger charge is 2.43. The monoisotopic (exact) mass is 341 g/mol. The van der Waals surface area contributed by atoms with Crippen molar-refractivity contribution in [3.05, 3.63) is 28.8 Å². The lowest BCUT2D eigenvalue weighted by Crippen LogP contribution is -2.55. The van der Waals surface area contributed by atoms with E-state index in [2.05, 4.69) is 0 Å². The topological polar surface area (TPSA) is 70.0 Å². The van der Waals surface area contributed by atoms with Gasteiger partial charge in [-0.2, -0.15) is 0 Å². The molecule has 1 heterocycles. The number of amides is 1. The van der Waals surface area contributed by atoms with Crippen LogP contribution in [-0.4, -0.2) is 53.9 Å². The Labute approximate surface area is 141 Å². The standard InChI is InChI=1S/C17H24ClNO4/c1-3-7-17(11-20)10-19(8-6-15(17)21)16(22)13-9-12(18)4-5-14(13)23-2/h4-5,9,15,20-21H,3,6-8,10-11H2,1-2H3/t15-,17+/m1/s1. The predicted octanol–water partition coefficient (Wildman–Crippen LogP) is 2.33. The summed E-state index contributed by atoms with van der Waals surface area (Å²) in [6.07, 6.45) is 1.36. The predicted molar refractivity (Wildman–Crippen MR) is 89.0 cm³/mol. The molecule has 1 amide bonds. The zero-order valence-electron chi connectivity index (χ0n) is 13.6. The van der Waals surface area contributed by atoms with Crippen LogP contribution < -0.4 is 4.74 Å². The summed E-state index contributed by atoms with van der Waals surface area (Å²) in [5, 5.41) is 20.6. The van der Waals surface area contributed by atoms with Crippen LogP contribution in [0.4, 0.5) is 0 Å². The van der Waals surface area contributed by atoms with Gasteiger partial charge < -0.3 is 19.8 Å². The maximum atomic E-state index is 12.9. The first kappa shape index (κ1) is 18.0. The van der Waals surface area contributed by atoms with Crippen LogP contribution >= 0.6 is 11.6 Å². The first-order valence-corrected chi connectivity index (χ1v) is 8.27. The molecule has 1 aromatic rings.